The van der Waals surface area contributed by atoms with E-state index in [1.807, 2.05) is 12.3 Å². The Morgan fingerprint density at radius 3 is 2.03 bits per heavy atom. The van der Waals surface area contributed by atoms with Crippen LogP contribution in [0.2, 0.25) is 0 Å². The van der Waals surface area contributed by atoms with Crippen LogP contribution in [0.4, 0.5) is 17.2 Å². The largest absolute Gasteiger partial charge is 0.456 e. The molecular formula is C52H40N4OSi. The number of imidazole rings is 1. The Hall–Kier alpha value is -7.02. The monoisotopic (exact) mass is 764 g/mol. The maximum atomic E-state index is 6.48. The van der Waals surface area contributed by atoms with Gasteiger partial charge in [0.2, 0.25) is 0 Å². The van der Waals surface area contributed by atoms with Crippen LogP contribution in [0.5, 0.6) is 0 Å². The Bertz CT molecular complexity index is 3140. The first-order valence-electron chi connectivity index (χ1n) is 19.9. The Labute approximate surface area is 338 Å². The minimum atomic E-state index is -3.00. The molecule has 11 rings (SSSR count). The molecule has 3 aromatic heterocycles. The lowest BCUT2D eigenvalue weighted by Crippen LogP contribution is -2.74. The maximum Gasteiger partial charge on any atom is 0.179 e. The highest BCUT2D eigenvalue weighted by Gasteiger charge is 2.44. The summed E-state index contributed by atoms with van der Waals surface area (Å²) >= 11 is 0. The van der Waals surface area contributed by atoms with Crippen LogP contribution in [0.15, 0.2) is 193 Å². The predicted molar refractivity (Wildman–Crippen MR) is 242 cm³/mol. The lowest BCUT2D eigenvalue weighted by Gasteiger charge is -2.42. The van der Waals surface area contributed by atoms with E-state index in [4.69, 9.17) is 14.4 Å². The maximum absolute atomic E-state index is 6.48. The van der Waals surface area contributed by atoms with Gasteiger partial charge in [0.25, 0.3) is 0 Å². The van der Waals surface area contributed by atoms with Gasteiger partial charge < -0.3 is 8.98 Å². The molecule has 0 spiro atoms. The van der Waals surface area contributed by atoms with E-state index < -0.39 is 8.07 Å². The third-order valence-corrected chi connectivity index (χ3v) is 17.1. The number of fused-ring (bicyclic) bond motifs is 7. The van der Waals surface area contributed by atoms with Gasteiger partial charge in [-0.15, -0.1) is 0 Å². The van der Waals surface area contributed by atoms with E-state index in [0.29, 0.717) is 0 Å². The zero-order valence-corrected chi connectivity index (χ0v) is 33.6. The first kappa shape index (κ1) is 34.2. The second-order valence-corrected chi connectivity index (χ2v) is 19.7. The number of aryl methyl sites for hydroxylation is 1. The van der Waals surface area contributed by atoms with E-state index in [9.17, 15) is 0 Å². The van der Waals surface area contributed by atoms with Crippen LogP contribution in [-0.4, -0.2) is 22.6 Å². The molecule has 1 aliphatic rings. The molecule has 0 bridgehead atoms. The second-order valence-electron chi connectivity index (χ2n) is 15.9. The molecular weight excluding hydrogens is 725 g/mol. The van der Waals surface area contributed by atoms with Crippen molar-refractivity contribution in [3.05, 3.63) is 199 Å². The topological polar surface area (TPSA) is 47.1 Å². The molecule has 6 heteroatoms. The Balaban J connectivity index is 1.19. The summed E-state index contributed by atoms with van der Waals surface area (Å²) in [5.41, 5.74) is 9.25. The molecule has 7 aromatic carbocycles. The molecule has 10 aromatic rings. The van der Waals surface area contributed by atoms with E-state index in [1.165, 1.54) is 31.9 Å². The van der Waals surface area contributed by atoms with E-state index in [0.717, 1.165) is 61.6 Å². The second kappa shape index (κ2) is 13.0. The van der Waals surface area contributed by atoms with Gasteiger partial charge in [0, 0.05) is 46.2 Å². The number of nitrogens with zero attached hydrogens (tertiary/aromatic N) is 4. The van der Waals surface area contributed by atoms with Gasteiger partial charge in [-0.3, -0.25) is 4.90 Å². The first-order chi connectivity index (χ1) is 28.4. The van der Waals surface area contributed by atoms with Crippen molar-refractivity contribution in [2.75, 3.05) is 4.90 Å². The summed E-state index contributed by atoms with van der Waals surface area (Å²) in [7, 11) is -0.881. The molecule has 0 unspecified atom stereocenters. The highest BCUT2D eigenvalue weighted by molar-refractivity contribution is 7.20. The molecule has 58 heavy (non-hydrogen) atoms. The molecule has 4 heterocycles. The molecule has 0 atom stereocenters. The number of benzene rings is 7. The highest BCUT2D eigenvalue weighted by atomic mass is 28.3. The van der Waals surface area contributed by atoms with Crippen LogP contribution in [0, 0.1) is 0 Å². The van der Waals surface area contributed by atoms with Gasteiger partial charge in [-0.05, 0) is 74.8 Å². The normalized spacial score (nSPS) is 13.5. The van der Waals surface area contributed by atoms with E-state index in [1.54, 1.807) is 0 Å². The van der Waals surface area contributed by atoms with Gasteiger partial charge >= 0.3 is 0 Å². The molecule has 0 aliphatic carbocycles. The number of aromatic nitrogens is 3. The Kier molecular flexibility index (Phi) is 7.68. The average Bonchev–Trinajstić information content (AvgIpc) is 3.82. The summed E-state index contributed by atoms with van der Waals surface area (Å²) in [6.45, 7) is 4.64. The third-order valence-electron chi connectivity index (χ3n) is 12.4. The number of rotatable bonds is 6. The molecule has 0 saturated carbocycles. The van der Waals surface area contributed by atoms with Crippen LogP contribution >= 0.6 is 0 Å². The summed E-state index contributed by atoms with van der Waals surface area (Å²) in [5.74, 6) is 1.90. The lowest BCUT2D eigenvalue weighted by atomic mass is 9.73. The van der Waals surface area contributed by atoms with Gasteiger partial charge in [-0.1, -0.05) is 147 Å². The minimum Gasteiger partial charge on any atom is -0.456 e. The van der Waals surface area contributed by atoms with Gasteiger partial charge in [-0.2, -0.15) is 0 Å². The quantitative estimate of drug-likeness (QED) is 0.125. The minimum absolute atomic E-state index is 0.345. The van der Waals surface area contributed by atoms with Gasteiger partial charge in [-0.25, -0.2) is 9.97 Å². The van der Waals surface area contributed by atoms with Crippen molar-refractivity contribution in [3.63, 3.8) is 0 Å². The van der Waals surface area contributed by atoms with Crippen LogP contribution < -0.4 is 25.6 Å². The predicted octanol–water partition coefficient (Wildman–Crippen LogP) is 10.0. The van der Waals surface area contributed by atoms with Crippen molar-refractivity contribution in [2.45, 2.75) is 19.3 Å². The molecule has 1 aliphatic heterocycles. The molecule has 278 valence electrons. The number of anilines is 3. The third kappa shape index (κ3) is 4.95. The Morgan fingerprint density at radius 2 is 1.26 bits per heavy atom. The molecule has 0 N–H and O–H groups in total. The van der Waals surface area contributed by atoms with Gasteiger partial charge in [0.15, 0.2) is 8.07 Å². The average molecular weight is 765 g/mol. The summed E-state index contributed by atoms with van der Waals surface area (Å²) < 4.78 is 8.69. The van der Waals surface area contributed by atoms with Gasteiger partial charge in [0.1, 0.15) is 22.8 Å². The highest BCUT2D eigenvalue weighted by Crippen LogP contribution is 2.54. The fourth-order valence-electron chi connectivity index (χ4n) is 9.75. The van der Waals surface area contributed by atoms with Crippen molar-refractivity contribution in [3.8, 4) is 11.4 Å². The number of para-hydroxylation sites is 3. The molecule has 0 amide bonds. The summed E-state index contributed by atoms with van der Waals surface area (Å²) in [4.78, 5) is 12.7. The molecule has 5 nitrogen and oxygen atoms in total. The molecule has 0 radical (unpaired) electrons. The van der Waals surface area contributed by atoms with Crippen molar-refractivity contribution < 1.29 is 4.42 Å². The fourth-order valence-corrected chi connectivity index (χ4v) is 14.6. The van der Waals surface area contributed by atoms with Crippen LogP contribution in [0.25, 0.3) is 44.4 Å². The summed E-state index contributed by atoms with van der Waals surface area (Å²) in [6.07, 6.45) is 1.92. The van der Waals surface area contributed by atoms with Crippen LogP contribution in [0.3, 0.4) is 0 Å². The SMILES string of the molecule is Cn1c(-c2cccc([Si](c3ccccc3)(c3ccccc3)c3cccc(N4c5ccc6oc7ccccc7c6c5C(C)(C)c5cccnc54)c3)c2)nc2ccccc21. The van der Waals surface area contributed by atoms with E-state index in [-0.39, 0.29) is 5.41 Å². The van der Waals surface area contributed by atoms with Crippen molar-refractivity contribution in [2.24, 2.45) is 7.05 Å². The Morgan fingerprint density at radius 1 is 0.586 bits per heavy atom. The van der Waals surface area contributed by atoms with E-state index in [2.05, 4.69) is 206 Å². The molecule has 0 fully saturated rings. The number of hydrogen-bond donors (Lipinski definition) is 0. The fraction of sp³-hybridized carbons (Fsp3) is 0.0769. The van der Waals surface area contributed by atoms with Crippen LogP contribution in [0.1, 0.15) is 25.0 Å². The number of hydrogen-bond acceptors (Lipinski definition) is 4. The van der Waals surface area contributed by atoms with Crippen molar-refractivity contribution >= 4 is 79.0 Å². The first-order valence-corrected chi connectivity index (χ1v) is 21.9. The summed E-state index contributed by atoms with van der Waals surface area (Å²) in [5, 5.41) is 7.48. The van der Waals surface area contributed by atoms with Gasteiger partial charge in [0.05, 0.1) is 16.7 Å². The molecule has 0 saturated heterocycles. The number of pyridine rings is 1. The van der Waals surface area contributed by atoms with Crippen LogP contribution in [-0.2, 0) is 12.5 Å². The van der Waals surface area contributed by atoms with Crippen molar-refractivity contribution in [1.29, 1.82) is 0 Å². The van der Waals surface area contributed by atoms with E-state index >= 15 is 0 Å². The standard InChI is InChI=1S/C52H40N4OSi/c1-52(2)42-26-16-32-53-51(42)56(45-30-31-47-48(49(45)52)41-25-10-13-29-46(41)57-47)36-18-15-24-40(34-36)58(37-19-6-4-7-20-37,38-21-8-5-9-22-38)39-23-14-17-35(33-39)50-54-43-27-11-12-28-44(43)55(50)3/h4-34H,1-3H3. The smallest absolute Gasteiger partial charge is 0.179 e. The number of furan rings is 1. The lowest BCUT2D eigenvalue weighted by molar-refractivity contribution is 0.630. The van der Waals surface area contributed by atoms with Crippen molar-refractivity contribution in [1.82, 2.24) is 14.5 Å². The zero-order chi connectivity index (χ0) is 39.0. The summed E-state index contributed by atoms with van der Waals surface area (Å²) in [6, 6.07) is 66.1. The zero-order valence-electron chi connectivity index (χ0n) is 32.6.